The van der Waals surface area contributed by atoms with Gasteiger partial charge < -0.3 is 8.37 Å². The average molecular weight is 363 g/mol. The van der Waals surface area contributed by atoms with Gasteiger partial charge in [0.25, 0.3) is 5.12 Å². The molecule has 6 heteroatoms. The third-order valence-corrected chi connectivity index (χ3v) is 5.01. The minimum atomic E-state index is -2.08. The molecular weight excluding hydrogens is 328 g/mol. The van der Waals surface area contributed by atoms with E-state index in [-0.39, 0.29) is 18.0 Å². The highest BCUT2D eigenvalue weighted by Crippen LogP contribution is 2.33. The van der Waals surface area contributed by atoms with E-state index in [4.69, 9.17) is 8.37 Å². The van der Waals surface area contributed by atoms with E-state index in [1.54, 1.807) is 13.8 Å². The first-order valence-electron chi connectivity index (χ1n) is 9.29. The van der Waals surface area contributed by atoms with Crippen LogP contribution in [0.5, 0.6) is 0 Å². The number of rotatable bonds is 12. The van der Waals surface area contributed by atoms with E-state index in [0.717, 1.165) is 19.3 Å². The van der Waals surface area contributed by atoms with Crippen molar-refractivity contribution in [1.82, 2.24) is 0 Å². The molecule has 0 aromatic carbocycles. The summed E-state index contributed by atoms with van der Waals surface area (Å²) in [5, 5.41) is -0.267. The predicted octanol–water partition coefficient (Wildman–Crippen LogP) is 5.17. The molecule has 0 rings (SSSR count). The molecule has 0 aliphatic rings. The minimum Gasteiger partial charge on any atom is -0.340 e. The monoisotopic (exact) mass is 362 g/mol. The molecule has 0 aromatic rings. The fraction of sp³-hybridized carbons (Fsp3) is 0.833. The molecule has 0 fully saturated rings. The van der Waals surface area contributed by atoms with Crippen molar-refractivity contribution in [3.8, 4) is 0 Å². The van der Waals surface area contributed by atoms with Gasteiger partial charge in [-0.1, -0.05) is 83.6 Å². The first-order chi connectivity index (χ1) is 11.5. The maximum atomic E-state index is 12.1. The second-order valence-corrected chi connectivity index (χ2v) is 7.24. The van der Waals surface area contributed by atoms with Gasteiger partial charge in [-0.05, 0) is 6.42 Å². The summed E-state index contributed by atoms with van der Waals surface area (Å²) in [6, 6.07) is 0. The summed E-state index contributed by atoms with van der Waals surface area (Å²) in [5.41, 5.74) is 0. The number of carbonyl (C=O) groups excluding carboxylic acids is 3. The van der Waals surface area contributed by atoms with Crippen LogP contribution in [0.1, 0.15) is 97.8 Å². The van der Waals surface area contributed by atoms with Gasteiger partial charge in [-0.15, -0.1) is 0 Å². The van der Waals surface area contributed by atoms with E-state index < -0.39 is 23.4 Å². The topological polar surface area (TPSA) is 69.7 Å². The van der Waals surface area contributed by atoms with Crippen LogP contribution >= 0.6 is 11.5 Å². The van der Waals surface area contributed by atoms with Gasteiger partial charge in [-0.25, -0.2) is 0 Å². The van der Waals surface area contributed by atoms with Crippen molar-refractivity contribution in [2.24, 2.45) is 0 Å². The molecule has 0 aliphatic carbocycles. The van der Waals surface area contributed by atoms with Crippen LogP contribution in [0.4, 0.5) is 0 Å². The van der Waals surface area contributed by atoms with E-state index in [2.05, 4.69) is 6.92 Å². The Morgan fingerprint density at radius 3 is 1.50 bits per heavy atom. The Labute approximate surface area is 149 Å². The van der Waals surface area contributed by atoms with E-state index >= 15 is 0 Å². The number of hydrogen-bond acceptors (Lipinski definition) is 5. The maximum absolute atomic E-state index is 12.1. The zero-order valence-corrected chi connectivity index (χ0v) is 16.4. The first-order valence-corrected chi connectivity index (χ1v) is 10.5. The second kappa shape index (κ2) is 15.5. The third-order valence-electron chi connectivity index (χ3n) is 3.64. The number of hydrogen-bond donors (Lipinski definition) is 1. The minimum absolute atomic E-state index is 0.161. The van der Waals surface area contributed by atoms with Crippen LogP contribution in [0.25, 0.3) is 0 Å². The normalized spacial score (nSPS) is 11.0. The smallest absolute Gasteiger partial charge is 0.329 e. The fourth-order valence-corrected chi connectivity index (χ4v) is 3.32. The van der Waals surface area contributed by atoms with Crippen LogP contribution in [0.3, 0.4) is 0 Å². The summed E-state index contributed by atoms with van der Waals surface area (Å²) in [7, 11) is 0. The van der Waals surface area contributed by atoms with Crippen molar-refractivity contribution >= 4 is 28.5 Å². The van der Waals surface area contributed by atoms with Gasteiger partial charge in [0.05, 0.1) is 0 Å². The van der Waals surface area contributed by atoms with Gasteiger partial charge in [0.2, 0.25) is 0 Å². The Kier molecular flexibility index (Phi) is 14.8. The molecule has 0 N–H and O–H groups in total. The second-order valence-electron chi connectivity index (χ2n) is 5.86. The van der Waals surface area contributed by atoms with Crippen molar-refractivity contribution in [3.05, 3.63) is 0 Å². The van der Waals surface area contributed by atoms with Crippen molar-refractivity contribution in [3.63, 3.8) is 0 Å². The molecule has 0 saturated carbocycles. The largest absolute Gasteiger partial charge is 0.340 e. The van der Waals surface area contributed by atoms with Crippen LogP contribution in [-0.4, -0.2) is 17.1 Å². The molecular formula is C18H34O5S. The summed E-state index contributed by atoms with van der Waals surface area (Å²) in [6.45, 7) is 5.49. The standard InChI is InChI=1S/C18H34O5S/c1-4-7-8-9-10-11-12-13-14-15-18(21)24(22-16(19)5-2)23-17(20)6-3/h24H,4-15H2,1-3H3. The average Bonchev–Trinajstić information content (AvgIpc) is 2.59. The highest BCUT2D eigenvalue weighted by atomic mass is 32.2. The zero-order chi connectivity index (χ0) is 18.2. The highest BCUT2D eigenvalue weighted by Gasteiger charge is 2.18. The lowest BCUT2D eigenvalue weighted by molar-refractivity contribution is -0.137. The molecule has 0 unspecified atom stereocenters. The van der Waals surface area contributed by atoms with Crippen molar-refractivity contribution in [1.29, 1.82) is 0 Å². The molecule has 0 bridgehead atoms. The molecule has 0 heterocycles. The lowest BCUT2D eigenvalue weighted by Gasteiger charge is -2.22. The molecule has 0 radical (unpaired) electrons. The molecule has 142 valence electrons. The van der Waals surface area contributed by atoms with E-state index in [1.165, 1.54) is 38.5 Å². The predicted molar refractivity (Wildman–Crippen MR) is 98.6 cm³/mol. The van der Waals surface area contributed by atoms with Crippen LogP contribution in [0, 0.1) is 0 Å². The Morgan fingerprint density at radius 1 is 0.667 bits per heavy atom. The van der Waals surface area contributed by atoms with E-state index in [9.17, 15) is 14.4 Å². The van der Waals surface area contributed by atoms with Crippen molar-refractivity contribution < 1.29 is 22.7 Å². The first kappa shape index (κ1) is 23.0. The van der Waals surface area contributed by atoms with Crippen LogP contribution in [0.15, 0.2) is 0 Å². The third kappa shape index (κ3) is 12.4. The van der Waals surface area contributed by atoms with Crippen molar-refractivity contribution in [2.45, 2.75) is 97.8 Å². The zero-order valence-electron chi connectivity index (χ0n) is 15.5. The van der Waals surface area contributed by atoms with E-state index in [0.29, 0.717) is 6.42 Å². The summed E-state index contributed by atoms with van der Waals surface area (Å²) in [5.74, 6) is -1.02. The summed E-state index contributed by atoms with van der Waals surface area (Å²) >= 11 is -2.08. The fourth-order valence-electron chi connectivity index (χ4n) is 2.11. The Morgan fingerprint density at radius 2 is 1.08 bits per heavy atom. The van der Waals surface area contributed by atoms with Gasteiger partial charge in [0, 0.05) is 19.3 Å². The maximum Gasteiger partial charge on any atom is 0.329 e. The van der Waals surface area contributed by atoms with Gasteiger partial charge >= 0.3 is 11.9 Å². The highest BCUT2D eigenvalue weighted by molar-refractivity contribution is 8.22. The molecule has 0 amide bonds. The SMILES string of the molecule is CCCCCCCCCCCC(=O)[SH](OC(=O)CC)OC(=O)CC. The van der Waals surface area contributed by atoms with Crippen molar-refractivity contribution in [2.75, 3.05) is 0 Å². The van der Waals surface area contributed by atoms with Crippen LogP contribution in [-0.2, 0) is 22.7 Å². The Balaban J connectivity index is 3.96. The molecule has 0 atom stereocenters. The quantitative estimate of drug-likeness (QED) is 0.383. The molecule has 0 spiro atoms. The Bertz CT molecular complexity index is 352. The Hall–Kier alpha value is -1.04. The number of unbranched alkanes of at least 4 members (excludes halogenated alkanes) is 8. The molecule has 0 aliphatic heterocycles. The summed E-state index contributed by atoms with van der Waals surface area (Å²) < 4.78 is 10.0. The lowest BCUT2D eigenvalue weighted by atomic mass is 10.1. The summed E-state index contributed by atoms with van der Waals surface area (Å²) in [6.07, 6.45) is 11.1. The molecule has 24 heavy (non-hydrogen) atoms. The van der Waals surface area contributed by atoms with Crippen LogP contribution < -0.4 is 0 Å². The summed E-state index contributed by atoms with van der Waals surface area (Å²) in [4.78, 5) is 34.9. The number of carbonyl (C=O) groups is 3. The van der Waals surface area contributed by atoms with Crippen LogP contribution in [0.2, 0.25) is 0 Å². The molecule has 5 nitrogen and oxygen atoms in total. The van der Waals surface area contributed by atoms with E-state index in [1.807, 2.05) is 0 Å². The van der Waals surface area contributed by atoms with Gasteiger partial charge in [-0.2, -0.15) is 0 Å². The molecule has 0 aromatic heterocycles. The van der Waals surface area contributed by atoms with Gasteiger partial charge in [0.15, 0.2) is 0 Å². The number of thiol groups is 1. The van der Waals surface area contributed by atoms with Gasteiger partial charge in [0.1, 0.15) is 0 Å². The lowest BCUT2D eigenvalue weighted by Crippen LogP contribution is -2.13. The van der Waals surface area contributed by atoms with Gasteiger partial charge in [-0.3, -0.25) is 14.4 Å². The molecule has 0 saturated heterocycles.